The van der Waals surface area contributed by atoms with Crippen molar-refractivity contribution in [3.05, 3.63) is 74.1 Å². The molecule has 0 fully saturated rings. The lowest BCUT2D eigenvalue weighted by Gasteiger charge is -2.19. The van der Waals surface area contributed by atoms with Gasteiger partial charge < -0.3 is 15.2 Å². The van der Waals surface area contributed by atoms with Crippen molar-refractivity contribution in [1.82, 2.24) is 15.2 Å². The fourth-order valence-electron chi connectivity index (χ4n) is 1.82. The molecule has 4 nitrogen and oxygen atoms in total. The van der Waals surface area contributed by atoms with E-state index in [1.54, 1.807) is 23.6 Å². The third-order valence-corrected chi connectivity index (χ3v) is 4.25. The largest absolute Gasteiger partial charge is 0.367 e. The Kier molecular flexibility index (Phi) is 5.46. The van der Waals surface area contributed by atoms with Gasteiger partial charge >= 0.3 is 0 Å². The van der Waals surface area contributed by atoms with E-state index in [1.807, 2.05) is 37.2 Å². The molecule has 2 aromatic rings. The predicted molar refractivity (Wildman–Crippen MR) is 94.0 cm³/mol. The average Bonchev–Trinajstić information content (AvgIpc) is 2.89. The molecule has 2 aromatic heterocycles. The molecule has 0 amide bonds. The minimum absolute atomic E-state index is 0.124. The van der Waals surface area contributed by atoms with Crippen LogP contribution < -0.4 is 10.9 Å². The van der Waals surface area contributed by atoms with E-state index in [2.05, 4.69) is 16.9 Å². The standard InChI is InChI=1S/C16H18ClN3OS/c1-11(12-4-7-16(21)19-9-12)8-15(20(2)3)18-10-13-5-6-14(17)22-13/h4-9,18H,1,10H2,2-3H3,(H,19,21)/b15-8-. The van der Waals surface area contributed by atoms with Gasteiger partial charge in [-0.25, -0.2) is 0 Å². The van der Waals surface area contributed by atoms with Crippen molar-refractivity contribution in [3.8, 4) is 0 Å². The fraction of sp³-hybridized carbons (Fsp3) is 0.188. The van der Waals surface area contributed by atoms with Crippen LogP contribution in [0.25, 0.3) is 5.57 Å². The van der Waals surface area contributed by atoms with Gasteiger partial charge in [-0.05, 0) is 35.4 Å². The number of halogens is 1. The summed E-state index contributed by atoms with van der Waals surface area (Å²) in [5.74, 6) is 0.931. The zero-order valence-corrected chi connectivity index (χ0v) is 14.1. The smallest absolute Gasteiger partial charge is 0.247 e. The summed E-state index contributed by atoms with van der Waals surface area (Å²) in [4.78, 5) is 16.9. The van der Waals surface area contributed by atoms with Gasteiger partial charge in [0, 0.05) is 31.2 Å². The van der Waals surface area contributed by atoms with Crippen LogP contribution in [0.4, 0.5) is 0 Å². The molecule has 0 aliphatic rings. The number of hydrogen-bond acceptors (Lipinski definition) is 4. The average molecular weight is 336 g/mol. The molecule has 116 valence electrons. The van der Waals surface area contributed by atoms with E-state index in [-0.39, 0.29) is 5.56 Å². The first-order chi connectivity index (χ1) is 10.5. The zero-order chi connectivity index (χ0) is 16.1. The Balaban J connectivity index is 2.10. The van der Waals surface area contributed by atoms with E-state index in [0.29, 0.717) is 6.54 Å². The van der Waals surface area contributed by atoms with Crippen LogP contribution in [0.5, 0.6) is 0 Å². The van der Waals surface area contributed by atoms with Gasteiger partial charge in [0.25, 0.3) is 0 Å². The molecule has 0 spiro atoms. The van der Waals surface area contributed by atoms with Crippen molar-refractivity contribution in [3.63, 3.8) is 0 Å². The maximum absolute atomic E-state index is 11.1. The Labute approximate surface area is 138 Å². The number of pyridine rings is 1. The minimum Gasteiger partial charge on any atom is -0.367 e. The summed E-state index contributed by atoms with van der Waals surface area (Å²) in [6.45, 7) is 4.75. The molecule has 2 N–H and O–H groups in total. The quantitative estimate of drug-likeness (QED) is 0.796. The molecular weight excluding hydrogens is 318 g/mol. The van der Waals surface area contributed by atoms with Crippen molar-refractivity contribution in [1.29, 1.82) is 0 Å². The van der Waals surface area contributed by atoms with E-state index in [1.165, 1.54) is 6.07 Å². The molecule has 0 saturated carbocycles. The number of thiophene rings is 1. The normalized spacial score (nSPS) is 11.3. The van der Waals surface area contributed by atoms with Gasteiger partial charge in [-0.1, -0.05) is 18.2 Å². The van der Waals surface area contributed by atoms with E-state index in [0.717, 1.165) is 26.2 Å². The SMILES string of the molecule is C=C(/C=C(/NCc1ccc(Cl)s1)N(C)C)c1ccc(=O)[nH]c1. The first-order valence-electron chi connectivity index (χ1n) is 6.71. The summed E-state index contributed by atoms with van der Waals surface area (Å²) < 4.78 is 0.782. The van der Waals surface area contributed by atoms with Crippen LogP contribution in [0, 0.1) is 0 Å². The van der Waals surface area contributed by atoms with Crippen LogP contribution >= 0.6 is 22.9 Å². The van der Waals surface area contributed by atoms with E-state index in [9.17, 15) is 4.79 Å². The van der Waals surface area contributed by atoms with Gasteiger partial charge in [0.2, 0.25) is 5.56 Å². The summed E-state index contributed by atoms with van der Waals surface area (Å²) in [6.07, 6.45) is 3.61. The molecule has 0 aliphatic carbocycles. The van der Waals surface area contributed by atoms with Gasteiger partial charge in [0.15, 0.2) is 0 Å². The van der Waals surface area contributed by atoms with Crippen LogP contribution in [0.15, 0.2) is 53.7 Å². The van der Waals surface area contributed by atoms with Crippen molar-refractivity contribution in [2.45, 2.75) is 6.54 Å². The van der Waals surface area contributed by atoms with Crippen LogP contribution in [-0.4, -0.2) is 24.0 Å². The number of aromatic nitrogens is 1. The lowest BCUT2D eigenvalue weighted by Crippen LogP contribution is -2.25. The third-order valence-electron chi connectivity index (χ3n) is 3.02. The van der Waals surface area contributed by atoms with Crippen LogP contribution in [0.1, 0.15) is 10.4 Å². The van der Waals surface area contributed by atoms with Crippen molar-refractivity contribution in [2.24, 2.45) is 0 Å². The monoisotopic (exact) mass is 335 g/mol. The van der Waals surface area contributed by atoms with Gasteiger partial charge in [0.1, 0.15) is 5.82 Å². The number of H-pyrrole nitrogens is 1. The fourth-order valence-corrected chi connectivity index (χ4v) is 2.85. The lowest BCUT2D eigenvalue weighted by molar-refractivity contribution is 0.460. The minimum atomic E-state index is -0.124. The summed E-state index contributed by atoms with van der Waals surface area (Å²) in [6, 6.07) is 7.14. The van der Waals surface area contributed by atoms with Crippen LogP contribution in [-0.2, 0) is 6.54 Å². The molecule has 6 heteroatoms. The number of allylic oxidation sites excluding steroid dienone is 2. The lowest BCUT2D eigenvalue weighted by atomic mass is 10.1. The van der Waals surface area contributed by atoms with Gasteiger partial charge in [0.05, 0.1) is 10.9 Å². The summed E-state index contributed by atoms with van der Waals surface area (Å²) in [5.41, 5.74) is 1.57. The predicted octanol–water partition coefficient (Wildman–Crippen LogP) is 3.30. The number of aromatic amines is 1. The number of nitrogens with zero attached hydrogens (tertiary/aromatic N) is 1. The summed E-state index contributed by atoms with van der Waals surface area (Å²) >= 11 is 7.49. The Hall–Kier alpha value is -1.98. The molecule has 0 aliphatic heterocycles. The second-order valence-corrected chi connectivity index (χ2v) is 6.75. The maximum Gasteiger partial charge on any atom is 0.247 e. The van der Waals surface area contributed by atoms with Crippen molar-refractivity contribution >= 4 is 28.5 Å². The molecule has 0 aromatic carbocycles. The molecule has 22 heavy (non-hydrogen) atoms. The molecule has 0 atom stereocenters. The molecule has 0 bridgehead atoms. The highest BCUT2D eigenvalue weighted by atomic mass is 35.5. The van der Waals surface area contributed by atoms with E-state index in [4.69, 9.17) is 11.6 Å². The number of hydrogen-bond donors (Lipinski definition) is 2. The number of rotatable bonds is 6. The van der Waals surface area contributed by atoms with Gasteiger partial charge in [-0.2, -0.15) is 0 Å². The number of nitrogens with one attached hydrogen (secondary N) is 2. The van der Waals surface area contributed by atoms with Crippen molar-refractivity contribution in [2.75, 3.05) is 14.1 Å². The molecule has 0 radical (unpaired) electrons. The van der Waals surface area contributed by atoms with Crippen molar-refractivity contribution < 1.29 is 0 Å². The van der Waals surface area contributed by atoms with E-state index < -0.39 is 0 Å². The second-order valence-electron chi connectivity index (χ2n) is 4.95. The first kappa shape index (κ1) is 16.4. The molecule has 2 rings (SSSR count). The molecular formula is C16H18ClN3OS. The first-order valence-corrected chi connectivity index (χ1v) is 7.90. The second kappa shape index (κ2) is 7.33. The Morgan fingerprint density at radius 3 is 2.73 bits per heavy atom. The molecule has 0 saturated heterocycles. The van der Waals surface area contributed by atoms with E-state index >= 15 is 0 Å². The highest BCUT2D eigenvalue weighted by Gasteiger charge is 2.04. The molecule has 0 unspecified atom stereocenters. The molecule has 2 heterocycles. The zero-order valence-electron chi connectivity index (χ0n) is 12.5. The summed E-state index contributed by atoms with van der Waals surface area (Å²) in [7, 11) is 3.92. The van der Waals surface area contributed by atoms with Gasteiger partial charge in [-0.3, -0.25) is 4.79 Å². The van der Waals surface area contributed by atoms with Gasteiger partial charge in [-0.15, -0.1) is 11.3 Å². The topological polar surface area (TPSA) is 48.1 Å². The maximum atomic E-state index is 11.1. The Morgan fingerprint density at radius 2 is 2.18 bits per heavy atom. The third kappa shape index (κ3) is 4.51. The van der Waals surface area contributed by atoms with Crippen LogP contribution in [0.3, 0.4) is 0 Å². The Bertz CT molecular complexity index is 725. The summed E-state index contributed by atoms with van der Waals surface area (Å²) in [5, 5.41) is 3.37. The Morgan fingerprint density at radius 1 is 1.41 bits per heavy atom. The highest BCUT2D eigenvalue weighted by molar-refractivity contribution is 7.16. The highest BCUT2D eigenvalue weighted by Crippen LogP contribution is 2.21. The van der Waals surface area contributed by atoms with Crippen LogP contribution in [0.2, 0.25) is 4.34 Å².